The second kappa shape index (κ2) is 7.00. The summed E-state index contributed by atoms with van der Waals surface area (Å²) in [5.41, 5.74) is 4.58. The molecule has 2 aromatic rings. The summed E-state index contributed by atoms with van der Waals surface area (Å²) in [6.45, 7) is 6.26. The van der Waals surface area contributed by atoms with E-state index >= 15 is 0 Å². The van der Waals surface area contributed by atoms with Gasteiger partial charge in [-0.05, 0) is 48.6 Å². The lowest BCUT2D eigenvalue weighted by molar-refractivity contribution is -0.121. The molecule has 1 heterocycles. The van der Waals surface area contributed by atoms with Crippen LogP contribution in [-0.2, 0) is 9.59 Å². The summed E-state index contributed by atoms with van der Waals surface area (Å²) in [7, 11) is 0. The van der Waals surface area contributed by atoms with Gasteiger partial charge < -0.3 is 0 Å². The molecule has 0 radical (unpaired) electrons. The number of nitrogens with zero attached hydrogens (tertiary/aromatic N) is 1. The van der Waals surface area contributed by atoms with E-state index in [0.717, 1.165) is 39.0 Å². The van der Waals surface area contributed by atoms with Crippen molar-refractivity contribution in [2.45, 2.75) is 46.0 Å². The molecule has 1 unspecified atom stereocenters. The van der Waals surface area contributed by atoms with Crippen molar-refractivity contribution >= 4 is 33.3 Å². The summed E-state index contributed by atoms with van der Waals surface area (Å²) in [5, 5.41) is 0. The van der Waals surface area contributed by atoms with Crippen LogP contribution in [0.1, 0.15) is 50.2 Å². The molecule has 4 heteroatoms. The van der Waals surface area contributed by atoms with E-state index < -0.39 is 0 Å². The Hall–Kier alpha value is -2.20. The first-order valence-electron chi connectivity index (χ1n) is 9.66. The number of rotatable bonds is 2. The van der Waals surface area contributed by atoms with Gasteiger partial charge in [-0.15, -0.1) is 0 Å². The molecule has 2 aromatic carbocycles. The Kier molecular flexibility index (Phi) is 4.78. The quantitative estimate of drug-likeness (QED) is 0.584. The Morgan fingerprint density at radius 1 is 1.04 bits per heavy atom. The van der Waals surface area contributed by atoms with Gasteiger partial charge in [0.1, 0.15) is 0 Å². The van der Waals surface area contributed by atoms with Crippen LogP contribution in [0.5, 0.6) is 0 Å². The van der Waals surface area contributed by atoms with E-state index in [1.165, 1.54) is 0 Å². The minimum Gasteiger partial charge on any atom is -0.294 e. The number of carbonyl (C=O) groups excluding carboxylic acids is 2. The van der Waals surface area contributed by atoms with Crippen LogP contribution in [0.3, 0.4) is 0 Å². The first kappa shape index (κ1) is 19.1. The SMILES string of the molecule is Cc1cccc(C2CC(=O)N(c3ccc(Br)cc3)C3=C2C(=O)CC(C)(C)C3)c1. The monoisotopic (exact) mass is 437 g/mol. The highest BCUT2D eigenvalue weighted by Crippen LogP contribution is 2.48. The van der Waals surface area contributed by atoms with Crippen molar-refractivity contribution in [2.75, 3.05) is 4.90 Å². The van der Waals surface area contributed by atoms with E-state index in [4.69, 9.17) is 0 Å². The molecular formula is C24H24BrNO2. The molecule has 2 aliphatic rings. The summed E-state index contributed by atoms with van der Waals surface area (Å²) >= 11 is 3.46. The lowest BCUT2D eigenvalue weighted by Gasteiger charge is -2.43. The van der Waals surface area contributed by atoms with Crippen molar-refractivity contribution in [2.24, 2.45) is 5.41 Å². The van der Waals surface area contributed by atoms with E-state index in [1.807, 2.05) is 49.4 Å². The van der Waals surface area contributed by atoms with Gasteiger partial charge >= 0.3 is 0 Å². The fourth-order valence-electron chi connectivity index (χ4n) is 4.48. The maximum absolute atomic E-state index is 13.3. The molecule has 0 saturated carbocycles. The molecule has 1 atom stereocenters. The summed E-state index contributed by atoms with van der Waals surface area (Å²) in [4.78, 5) is 28.3. The Morgan fingerprint density at radius 2 is 1.75 bits per heavy atom. The molecule has 0 N–H and O–H groups in total. The fourth-order valence-corrected chi connectivity index (χ4v) is 4.74. The third-order valence-corrected chi connectivity index (χ3v) is 6.20. The van der Waals surface area contributed by atoms with Gasteiger partial charge in [-0.2, -0.15) is 0 Å². The molecule has 1 aliphatic carbocycles. The topological polar surface area (TPSA) is 37.4 Å². The second-order valence-corrected chi connectivity index (χ2v) is 9.59. The molecule has 0 spiro atoms. The highest BCUT2D eigenvalue weighted by molar-refractivity contribution is 9.10. The van der Waals surface area contributed by atoms with Gasteiger partial charge in [0.05, 0.1) is 0 Å². The summed E-state index contributed by atoms with van der Waals surface area (Å²) in [6, 6.07) is 15.9. The number of hydrogen-bond donors (Lipinski definition) is 0. The van der Waals surface area contributed by atoms with Crippen LogP contribution < -0.4 is 4.90 Å². The van der Waals surface area contributed by atoms with Crippen LogP contribution in [0, 0.1) is 12.3 Å². The summed E-state index contributed by atoms with van der Waals surface area (Å²) in [5.74, 6) is 0.0724. The largest absolute Gasteiger partial charge is 0.294 e. The minimum atomic E-state index is -0.155. The summed E-state index contributed by atoms with van der Waals surface area (Å²) < 4.78 is 0.965. The number of hydrogen-bond acceptors (Lipinski definition) is 2. The number of ketones is 1. The van der Waals surface area contributed by atoms with E-state index in [9.17, 15) is 9.59 Å². The van der Waals surface area contributed by atoms with E-state index in [0.29, 0.717) is 12.8 Å². The Morgan fingerprint density at radius 3 is 2.43 bits per heavy atom. The number of anilines is 1. The number of benzene rings is 2. The maximum atomic E-state index is 13.3. The zero-order valence-electron chi connectivity index (χ0n) is 16.5. The number of carbonyl (C=O) groups is 2. The van der Waals surface area contributed by atoms with Crippen molar-refractivity contribution in [3.05, 3.63) is 75.4 Å². The van der Waals surface area contributed by atoms with Crippen LogP contribution >= 0.6 is 15.9 Å². The van der Waals surface area contributed by atoms with E-state index in [-0.39, 0.29) is 23.0 Å². The first-order valence-corrected chi connectivity index (χ1v) is 10.5. The molecule has 3 nitrogen and oxygen atoms in total. The number of aryl methyl sites for hydroxylation is 1. The number of Topliss-reactive ketones (excluding diaryl/α,β-unsaturated/α-hetero) is 1. The molecule has 1 amide bonds. The predicted molar refractivity (Wildman–Crippen MR) is 115 cm³/mol. The van der Waals surface area contributed by atoms with Crippen molar-refractivity contribution in [3.8, 4) is 0 Å². The smallest absolute Gasteiger partial charge is 0.232 e. The number of allylic oxidation sites excluding steroid dienone is 2. The lowest BCUT2D eigenvalue weighted by Crippen LogP contribution is -2.43. The second-order valence-electron chi connectivity index (χ2n) is 8.68. The van der Waals surface area contributed by atoms with Crippen LogP contribution in [0.2, 0.25) is 0 Å². The van der Waals surface area contributed by atoms with Crippen LogP contribution in [0.25, 0.3) is 0 Å². The highest BCUT2D eigenvalue weighted by Gasteiger charge is 2.44. The van der Waals surface area contributed by atoms with Gasteiger partial charge in [0.15, 0.2) is 5.78 Å². The predicted octanol–water partition coefficient (Wildman–Crippen LogP) is 5.92. The minimum absolute atomic E-state index is 0.0538. The van der Waals surface area contributed by atoms with Gasteiger partial charge in [0, 0.05) is 40.2 Å². The molecule has 4 rings (SSSR count). The number of halogens is 1. The third-order valence-electron chi connectivity index (χ3n) is 5.67. The molecular weight excluding hydrogens is 414 g/mol. The van der Waals surface area contributed by atoms with Gasteiger partial charge in [0.25, 0.3) is 0 Å². The van der Waals surface area contributed by atoms with E-state index in [1.54, 1.807) is 4.90 Å². The molecule has 0 aromatic heterocycles. The van der Waals surface area contributed by atoms with Crippen molar-refractivity contribution in [3.63, 3.8) is 0 Å². The van der Waals surface area contributed by atoms with Crippen LogP contribution in [0.15, 0.2) is 64.3 Å². The van der Waals surface area contributed by atoms with Crippen molar-refractivity contribution < 1.29 is 9.59 Å². The first-order chi connectivity index (χ1) is 13.2. The van der Waals surface area contributed by atoms with Crippen molar-refractivity contribution in [1.82, 2.24) is 0 Å². The Labute approximate surface area is 174 Å². The van der Waals surface area contributed by atoms with Crippen LogP contribution in [0.4, 0.5) is 5.69 Å². The molecule has 1 aliphatic heterocycles. The van der Waals surface area contributed by atoms with Gasteiger partial charge in [-0.3, -0.25) is 14.5 Å². The Balaban J connectivity index is 1.89. The van der Waals surface area contributed by atoms with Crippen LogP contribution in [-0.4, -0.2) is 11.7 Å². The highest BCUT2D eigenvalue weighted by atomic mass is 79.9. The molecule has 28 heavy (non-hydrogen) atoms. The summed E-state index contributed by atoms with van der Waals surface area (Å²) in [6.07, 6.45) is 1.57. The number of amides is 1. The van der Waals surface area contributed by atoms with Crippen molar-refractivity contribution in [1.29, 1.82) is 0 Å². The maximum Gasteiger partial charge on any atom is 0.232 e. The standard InChI is InChI=1S/C24H24BrNO2/c1-15-5-4-6-16(11-15)19-12-22(28)26(18-9-7-17(25)8-10-18)20-13-24(2,3)14-21(27)23(19)20/h4-11,19H,12-14H2,1-3H3. The average molecular weight is 438 g/mol. The molecule has 0 bridgehead atoms. The normalized spacial score (nSPS) is 21.7. The van der Waals surface area contributed by atoms with E-state index in [2.05, 4.69) is 35.8 Å². The zero-order valence-corrected chi connectivity index (χ0v) is 18.0. The van der Waals surface area contributed by atoms with Gasteiger partial charge in [-0.1, -0.05) is 59.6 Å². The fraction of sp³-hybridized carbons (Fsp3) is 0.333. The molecule has 144 valence electrons. The molecule has 0 saturated heterocycles. The third kappa shape index (κ3) is 3.46. The molecule has 0 fully saturated rings. The average Bonchev–Trinajstić information content (AvgIpc) is 2.61. The lowest BCUT2D eigenvalue weighted by atomic mass is 9.69. The van der Waals surface area contributed by atoms with Gasteiger partial charge in [-0.25, -0.2) is 0 Å². The van der Waals surface area contributed by atoms with Gasteiger partial charge in [0.2, 0.25) is 5.91 Å². The Bertz CT molecular complexity index is 988. The zero-order chi connectivity index (χ0) is 20.1.